The largest absolute Gasteiger partial charge is 0.497 e. The smallest absolute Gasteiger partial charge is 0.232 e. The molecule has 2 rings (SSSR count). The summed E-state index contributed by atoms with van der Waals surface area (Å²) in [5, 5.41) is 6.98. The number of benzene rings is 1. The molecule has 0 aliphatic carbocycles. The molecule has 2 aromatic rings. The van der Waals surface area contributed by atoms with Crippen LogP contribution in [0.5, 0.6) is 5.75 Å². The van der Waals surface area contributed by atoms with Crippen LogP contribution in [0.25, 0.3) is 0 Å². The van der Waals surface area contributed by atoms with Crippen LogP contribution in [0.1, 0.15) is 51.9 Å². The zero-order valence-electron chi connectivity index (χ0n) is 15.1. The van der Waals surface area contributed by atoms with Crippen LogP contribution in [-0.4, -0.2) is 23.2 Å². The van der Waals surface area contributed by atoms with Crippen molar-refractivity contribution in [2.75, 3.05) is 7.11 Å². The quantitative estimate of drug-likeness (QED) is 0.911. The molecule has 1 aromatic carbocycles. The number of carbonyl (C=O) groups is 1. The van der Waals surface area contributed by atoms with Crippen LogP contribution in [0.2, 0.25) is 0 Å². The van der Waals surface area contributed by atoms with Gasteiger partial charge in [-0.15, -0.1) is 0 Å². The predicted octanol–water partition coefficient (Wildman–Crippen LogP) is 2.97. The fourth-order valence-corrected chi connectivity index (χ4v) is 2.16. The highest BCUT2D eigenvalue weighted by atomic mass is 16.5. The number of carbonyl (C=O) groups excluding carboxylic acids is 1. The summed E-state index contributed by atoms with van der Waals surface area (Å²) in [7, 11) is 1.61. The van der Waals surface area contributed by atoms with E-state index >= 15 is 0 Å². The van der Waals surface area contributed by atoms with Gasteiger partial charge in [0.15, 0.2) is 5.82 Å². The van der Waals surface area contributed by atoms with Gasteiger partial charge in [-0.05, 0) is 31.5 Å². The third kappa shape index (κ3) is 4.34. The number of nitrogens with one attached hydrogen (secondary N) is 1. The van der Waals surface area contributed by atoms with Crippen LogP contribution >= 0.6 is 0 Å². The third-order valence-electron chi connectivity index (χ3n) is 3.60. The van der Waals surface area contributed by atoms with Crippen molar-refractivity contribution in [2.45, 2.75) is 52.0 Å². The Bertz CT molecular complexity index is 697. The van der Waals surface area contributed by atoms with Crippen molar-refractivity contribution < 1.29 is 14.1 Å². The molecule has 1 aromatic heterocycles. The number of aromatic nitrogens is 2. The molecule has 6 nitrogen and oxygen atoms in total. The molecule has 0 saturated heterocycles. The monoisotopic (exact) mass is 331 g/mol. The summed E-state index contributed by atoms with van der Waals surface area (Å²) in [6.45, 7) is 9.71. The summed E-state index contributed by atoms with van der Waals surface area (Å²) in [5.74, 6) is 1.68. The molecule has 130 valence electrons. The zero-order valence-corrected chi connectivity index (χ0v) is 15.1. The zero-order chi connectivity index (χ0) is 18.0. The maximum absolute atomic E-state index is 12.3. The van der Waals surface area contributed by atoms with E-state index in [1.807, 2.05) is 58.9 Å². The molecule has 0 atom stereocenters. The van der Waals surface area contributed by atoms with Crippen molar-refractivity contribution in [1.29, 1.82) is 0 Å². The Balaban J connectivity index is 2.04. The van der Waals surface area contributed by atoms with E-state index in [1.54, 1.807) is 7.11 Å². The average molecular weight is 331 g/mol. The number of hydrogen-bond donors (Lipinski definition) is 1. The molecule has 0 aliphatic rings. The first kappa shape index (κ1) is 18.0. The predicted molar refractivity (Wildman–Crippen MR) is 90.9 cm³/mol. The number of rotatable bonds is 5. The van der Waals surface area contributed by atoms with Gasteiger partial charge in [-0.3, -0.25) is 4.79 Å². The van der Waals surface area contributed by atoms with E-state index in [4.69, 9.17) is 9.26 Å². The van der Waals surface area contributed by atoms with Crippen LogP contribution in [0.4, 0.5) is 0 Å². The Labute approximate surface area is 142 Å². The van der Waals surface area contributed by atoms with Gasteiger partial charge in [0.25, 0.3) is 0 Å². The number of ether oxygens (including phenoxy) is 1. The van der Waals surface area contributed by atoms with Crippen LogP contribution < -0.4 is 10.1 Å². The van der Waals surface area contributed by atoms with Gasteiger partial charge in [0, 0.05) is 5.41 Å². The Morgan fingerprint density at radius 3 is 2.29 bits per heavy atom. The highest BCUT2D eigenvalue weighted by Crippen LogP contribution is 2.24. The highest BCUT2D eigenvalue weighted by Gasteiger charge is 2.31. The van der Waals surface area contributed by atoms with Gasteiger partial charge in [0.2, 0.25) is 11.8 Å². The Hall–Kier alpha value is -2.37. The van der Waals surface area contributed by atoms with Gasteiger partial charge in [-0.2, -0.15) is 4.98 Å². The standard InChI is InChI=1S/C18H25N3O3/c1-17(2,3)16-19-15(21-24-16)18(4,5)20-14(22)11-12-7-9-13(23-6)10-8-12/h7-10H,11H2,1-6H3,(H,20,22). The lowest BCUT2D eigenvalue weighted by molar-refractivity contribution is -0.122. The van der Waals surface area contributed by atoms with Crippen molar-refractivity contribution in [1.82, 2.24) is 15.5 Å². The third-order valence-corrected chi connectivity index (χ3v) is 3.60. The molecule has 0 aliphatic heterocycles. The molecule has 1 heterocycles. The Morgan fingerprint density at radius 1 is 1.17 bits per heavy atom. The van der Waals surface area contributed by atoms with Crippen LogP contribution in [0.3, 0.4) is 0 Å². The molecule has 1 amide bonds. The normalized spacial score (nSPS) is 12.1. The molecule has 0 spiro atoms. The average Bonchev–Trinajstić information content (AvgIpc) is 2.98. The molecule has 0 bridgehead atoms. The molecule has 24 heavy (non-hydrogen) atoms. The number of nitrogens with zero attached hydrogens (tertiary/aromatic N) is 2. The summed E-state index contributed by atoms with van der Waals surface area (Å²) in [4.78, 5) is 16.8. The second-order valence-corrected chi connectivity index (χ2v) is 7.37. The first-order chi connectivity index (χ1) is 11.1. The van der Waals surface area contributed by atoms with Gasteiger partial charge in [0.05, 0.1) is 19.1 Å². The van der Waals surface area contributed by atoms with Crippen LogP contribution in [0.15, 0.2) is 28.8 Å². The van der Waals surface area contributed by atoms with Crippen molar-refractivity contribution in [3.63, 3.8) is 0 Å². The molecule has 0 radical (unpaired) electrons. The number of methoxy groups -OCH3 is 1. The van der Waals surface area contributed by atoms with Crippen molar-refractivity contribution in [3.8, 4) is 5.75 Å². The molecule has 0 unspecified atom stereocenters. The van der Waals surface area contributed by atoms with Gasteiger partial charge in [-0.25, -0.2) is 0 Å². The lowest BCUT2D eigenvalue weighted by Gasteiger charge is -2.22. The fourth-order valence-electron chi connectivity index (χ4n) is 2.16. The van der Waals surface area contributed by atoms with E-state index in [1.165, 1.54) is 0 Å². The number of hydrogen-bond acceptors (Lipinski definition) is 5. The molecule has 0 fully saturated rings. The molecule has 1 N–H and O–H groups in total. The number of amides is 1. The molecule has 6 heteroatoms. The van der Waals surface area contributed by atoms with Gasteiger partial charge >= 0.3 is 0 Å². The van der Waals surface area contributed by atoms with Gasteiger partial charge in [0.1, 0.15) is 5.75 Å². The fraction of sp³-hybridized carbons (Fsp3) is 0.500. The Kier molecular flexibility index (Phi) is 4.96. The first-order valence-electron chi connectivity index (χ1n) is 7.90. The van der Waals surface area contributed by atoms with E-state index in [0.29, 0.717) is 11.7 Å². The summed E-state index contributed by atoms with van der Waals surface area (Å²) >= 11 is 0. The second-order valence-electron chi connectivity index (χ2n) is 7.37. The minimum Gasteiger partial charge on any atom is -0.497 e. The van der Waals surface area contributed by atoms with Crippen molar-refractivity contribution in [2.24, 2.45) is 0 Å². The van der Waals surface area contributed by atoms with Crippen LogP contribution in [0, 0.1) is 0 Å². The van der Waals surface area contributed by atoms with E-state index < -0.39 is 5.54 Å². The molecule has 0 saturated carbocycles. The first-order valence-corrected chi connectivity index (χ1v) is 7.90. The van der Waals surface area contributed by atoms with E-state index in [2.05, 4.69) is 15.5 Å². The summed E-state index contributed by atoms with van der Waals surface area (Å²) in [5.41, 5.74) is -0.0297. The summed E-state index contributed by atoms with van der Waals surface area (Å²) in [6.07, 6.45) is 0.275. The topological polar surface area (TPSA) is 77.2 Å². The van der Waals surface area contributed by atoms with Crippen molar-refractivity contribution in [3.05, 3.63) is 41.5 Å². The summed E-state index contributed by atoms with van der Waals surface area (Å²) < 4.78 is 10.4. The minimum atomic E-state index is -0.712. The van der Waals surface area contributed by atoms with E-state index in [0.717, 1.165) is 11.3 Å². The minimum absolute atomic E-state index is 0.104. The van der Waals surface area contributed by atoms with E-state index in [-0.39, 0.29) is 17.7 Å². The van der Waals surface area contributed by atoms with E-state index in [9.17, 15) is 4.79 Å². The Morgan fingerprint density at radius 2 is 1.79 bits per heavy atom. The second kappa shape index (κ2) is 6.63. The van der Waals surface area contributed by atoms with Crippen molar-refractivity contribution >= 4 is 5.91 Å². The maximum atomic E-state index is 12.3. The van der Waals surface area contributed by atoms with Gasteiger partial charge in [-0.1, -0.05) is 38.1 Å². The lowest BCUT2D eigenvalue weighted by atomic mass is 9.97. The highest BCUT2D eigenvalue weighted by molar-refractivity contribution is 5.79. The SMILES string of the molecule is COc1ccc(CC(=O)NC(C)(C)c2noc(C(C)(C)C)n2)cc1. The maximum Gasteiger partial charge on any atom is 0.232 e. The lowest BCUT2D eigenvalue weighted by Crippen LogP contribution is -2.42. The molecular weight excluding hydrogens is 306 g/mol. The summed E-state index contributed by atoms with van der Waals surface area (Å²) in [6, 6.07) is 7.42. The molecular formula is C18H25N3O3. The van der Waals surface area contributed by atoms with Gasteiger partial charge < -0.3 is 14.6 Å². The van der Waals surface area contributed by atoms with Crippen LogP contribution in [-0.2, 0) is 22.2 Å².